The average molecular weight is 328 g/mol. The van der Waals surface area contributed by atoms with E-state index in [1.54, 1.807) is 0 Å². The third kappa shape index (κ3) is 4.00. The lowest BCUT2D eigenvalue weighted by Gasteiger charge is -2.07. The van der Waals surface area contributed by atoms with Crippen LogP contribution in [0, 0.1) is 10.1 Å². The van der Waals surface area contributed by atoms with Crippen LogP contribution in [0.3, 0.4) is 0 Å². The number of nitrogens with one attached hydrogen (secondary N) is 2. The topological polar surface area (TPSA) is 84.3 Å². The van der Waals surface area contributed by atoms with Gasteiger partial charge in [0, 0.05) is 35.7 Å². The monoisotopic (exact) mass is 327 g/mol. The van der Waals surface area contributed by atoms with Crippen molar-refractivity contribution in [2.45, 2.75) is 18.9 Å². The molecular weight excluding hydrogens is 314 g/mol. The molecule has 0 radical (unpaired) electrons. The Balaban J connectivity index is 1.92. The summed E-state index contributed by atoms with van der Waals surface area (Å²) in [6.07, 6.45) is 2.40. The summed E-state index contributed by atoms with van der Waals surface area (Å²) in [6.45, 7) is 1.22. The molecule has 0 saturated heterocycles. The molecule has 2 rings (SSSR count). The molecule has 1 aromatic rings. The number of carbonyl (C=O) groups is 1. The number of carbonyl (C=O) groups excluding carboxylic acids is 1. The first-order valence-electron chi connectivity index (χ1n) is 6.03. The summed E-state index contributed by atoms with van der Waals surface area (Å²) in [5.41, 5.74) is 0.185. The summed E-state index contributed by atoms with van der Waals surface area (Å²) in [5.74, 6) is -0.312. The molecule has 0 unspecified atom stereocenters. The summed E-state index contributed by atoms with van der Waals surface area (Å²) < 4.78 is 0.547. The molecule has 1 amide bonds. The Hall–Kier alpha value is -1.47. The van der Waals surface area contributed by atoms with Crippen LogP contribution < -0.4 is 10.6 Å². The van der Waals surface area contributed by atoms with Crippen LogP contribution in [0.5, 0.6) is 0 Å². The van der Waals surface area contributed by atoms with Gasteiger partial charge < -0.3 is 10.6 Å². The molecule has 19 heavy (non-hydrogen) atoms. The Labute approximate surface area is 118 Å². The second kappa shape index (κ2) is 6.12. The van der Waals surface area contributed by atoms with Gasteiger partial charge >= 0.3 is 0 Å². The van der Waals surface area contributed by atoms with Gasteiger partial charge in [-0.15, -0.1) is 0 Å². The first kappa shape index (κ1) is 14.0. The van der Waals surface area contributed by atoms with Gasteiger partial charge in [0.25, 0.3) is 11.6 Å². The van der Waals surface area contributed by atoms with Crippen molar-refractivity contribution in [3.8, 4) is 0 Å². The molecule has 1 fully saturated rings. The van der Waals surface area contributed by atoms with Crippen LogP contribution in [0.2, 0.25) is 0 Å². The molecule has 0 spiro atoms. The molecule has 0 atom stereocenters. The predicted molar refractivity (Wildman–Crippen MR) is 74.2 cm³/mol. The van der Waals surface area contributed by atoms with E-state index in [0.29, 0.717) is 23.6 Å². The summed E-state index contributed by atoms with van der Waals surface area (Å²) in [5, 5.41) is 16.7. The lowest BCUT2D eigenvalue weighted by Crippen LogP contribution is -2.32. The van der Waals surface area contributed by atoms with Crippen LogP contribution in [-0.2, 0) is 0 Å². The van der Waals surface area contributed by atoms with E-state index < -0.39 is 4.92 Å². The molecule has 1 saturated carbocycles. The number of hydrogen-bond acceptors (Lipinski definition) is 4. The van der Waals surface area contributed by atoms with Gasteiger partial charge in [0.15, 0.2) is 0 Å². The standard InChI is InChI=1S/C12H14BrN3O3/c13-11-4-3-9(16(18)19)7-10(11)12(17)15-6-5-14-8-1-2-8/h3-4,7-8,14H,1-2,5-6H2,(H,15,17). The molecule has 1 aromatic carbocycles. The van der Waals surface area contributed by atoms with Crippen molar-refractivity contribution < 1.29 is 9.72 Å². The van der Waals surface area contributed by atoms with Crippen molar-refractivity contribution in [1.82, 2.24) is 10.6 Å². The molecule has 6 nitrogen and oxygen atoms in total. The molecule has 1 aliphatic rings. The fourth-order valence-electron chi connectivity index (χ4n) is 1.64. The van der Waals surface area contributed by atoms with Crippen molar-refractivity contribution >= 4 is 27.5 Å². The SMILES string of the molecule is O=C(NCCNC1CC1)c1cc([N+](=O)[O-])ccc1Br. The number of hydrogen-bond donors (Lipinski definition) is 2. The maximum Gasteiger partial charge on any atom is 0.270 e. The van der Waals surface area contributed by atoms with Crippen LogP contribution in [0.4, 0.5) is 5.69 Å². The van der Waals surface area contributed by atoms with Crippen LogP contribution in [0.15, 0.2) is 22.7 Å². The number of nitro groups is 1. The Morgan fingerprint density at radius 2 is 2.16 bits per heavy atom. The highest BCUT2D eigenvalue weighted by Gasteiger charge is 2.20. The molecule has 0 bridgehead atoms. The quantitative estimate of drug-likeness (QED) is 0.474. The zero-order valence-corrected chi connectivity index (χ0v) is 11.8. The smallest absolute Gasteiger partial charge is 0.270 e. The van der Waals surface area contributed by atoms with Gasteiger partial charge in [-0.1, -0.05) is 0 Å². The zero-order valence-electron chi connectivity index (χ0n) is 10.2. The van der Waals surface area contributed by atoms with E-state index in [1.165, 1.54) is 31.0 Å². The Kier molecular flexibility index (Phi) is 4.49. The van der Waals surface area contributed by atoms with Gasteiger partial charge in [0.2, 0.25) is 0 Å². The molecule has 102 valence electrons. The third-order valence-electron chi connectivity index (χ3n) is 2.83. The van der Waals surface area contributed by atoms with Gasteiger partial charge in [-0.05, 0) is 34.8 Å². The Morgan fingerprint density at radius 3 is 2.79 bits per heavy atom. The molecular formula is C12H14BrN3O3. The minimum Gasteiger partial charge on any atom is -0.351 e. The second-order valence-corrected chi connectivity index (χ2v) is 5.26. The number of nitro benzene ring substituents is 1. The molecule has 7 heteroatoms. The van der Waals surface area contributed by atoms with Gasteiger partial charge in [-0.3, -0.25) is 14.9 Å². The zero-order chi connectivity index (χ0) is 13.8. The predicted octanol–water partition coefficient (Wildman–Crippen LogP) is 1.84. The fourth-order valence-corrected chi connectivity index (χ4v) is 2.06. The van der Waals surface area contributed by atoms with E-state index in [0.717, 1.165) is 0 Å². The van der Waals surface area contributed by atoms with Crippen molar-refractivity contribution in [1.29, 1.82) is 0 Å². The maximum atomic E-state index is 11.9. The highest BCUT2D eigenvalue weighted by molar-refractivity contribution is 9.10. The van der Waals surface area contributed by atoms with E-state index >= 15 is 0 Å². The number of halogens is 1. The minimum absolute atomic E-state index is 0.0931. The lowest BCUT2D eigenvalue weighted by atomic mass is 10.2. The fraction of sp³-hybridized carbons (Fsp3) is 0.417. The van der Waals surface area contributed by atoms with E-state index in [4.69, 9.17) is 0 Å². The number of amides is 1. The minimum atomic E-state index is -0.516. The lowest BCUT2D eigenvalue weighted by molar-refractivity contribution is -0.384. The number of non-ortho nitro benzene ring substituents is 1. The second-order valence-electron chi connectivity index (χ2n) is 4.41. The van der Waals surface area contributed by atoms with Crippen molar-refractivity contribution in [3.05, 3.63) is 38.3 Å². The molecule has 2 N–H and O–H groups in total. The van der Waals surface area contributed by atoms with Crippen molar-refractivity contribution in [2.75, 3.05) is 13.1 Å². The van der Waals surface area contributed by atoms with Crippen molar-refractivity contribution in [3.63, 3.8) is 0 Å². The molecule has 1 aliphatic carbocycles. The maximum absolute atomic E-state index is 11.9. The Morgan fingerprint density at radius 1 is 1.42 bits per heavy atom. The van der Waals surface area contributed by atoms with Crippen LogP contribution >= 0.6 is 15.9 Å². The Bertz CT molecular complexity index is 503. The highest BCUT2D eigenvalue weighted by atomic mass is 79.9. The highest BCUT2D eigenvalue weighted by Crippen LogP contribution is 2.22. The third-order valence-corrected chi connectivity index (χ3v) is 3.52. The van der Waals surface area contributed by atoms with Gasteiger partial charge in [-0.2, -0.15) is 0 Å². The van der Waals surface area contributed by atoms with Crippen LogP contribution in [0.1, 0.15) is 23.2 Å². The average Bonchev–Trinajstić information content (AvgIpc) is 3.18. The van der Waals surface area contributed by atoms with E-state index in [1.807, 2.05) is 0 Å². The van der Waals surface area contributed by atoms with Crippen LogP contribution in [0.25, 0.3) is 0 Å². The molecule has 0 aliphatic heterocycles. The van der Waals surface area contributed by atoms with Gasteiger partial charge in [-0.25, -0.2) is 0 Å². The number of nitrogens with zero attached hydrogens (tertiary/aromatic N) is 1. The largest absolute Gasteiger partial charge is 0.351 e. The summed E-state index contributed by atoms with van der Waals surface area (Å²) in [4.78, 5) is 22.1. The van der Waals surface area contributed by atoms with Crippen LogP contribution in [-0.4, -0.2) is 30.0 Å². The summed E-state index contributed by atoms with van der Waals surface area (Å²) >= 11 is 3.22. The van der Waals surface area contributed by atoms with Gasteiger partial charge in [0.05, 0.1) is 10.5 Å². The van der Waals surface area contributed by atoms with Crippen molar-refractivity contribution in [2.24, 2.45) is 0 Å². The molecule has 0 heterocycles. The van der Waals surface area contributed by atoms with E-state index in [-0.39, 0.29) is 17.2 Å². The normalized spacial score (nSPS) is 14.2. The molecule has 0 aromatic heterocycles. The van der Waals surface area contributed by atoms with Gasteiger partial charge in [0.1, 0.15) is 0 Å². The summed E-state index contributed by atoms with van der Waals surface area (Å²) in [7, 11) is 0. The first-order chi connectivity index (χ1) is 9.08. The summed E-state index contributed by atoms with van der Waals surface area (Å²) in [6, 6.07) is 4.74. The first-order valence-corrected chi connectivity index (χ1v) is 6.83. The number of rotatable bonds is 6. The number of benzene rings is 1. The van der Waals surface area contributed by atoms with E-state index in [2.05, 4.69) is 26.6 Å². The van der Waals surface area contributed by atoms with E-state index in [9.17, 15) is 14.9 Å².